The van der Waals surface area contributed by atoms with Gasteiger partial charge in [0, 0.05) is 32.9 Å². The highest BCUT2D eigenvalue weighted by atomic mass is 79.9. The van der Waals surface area contributed by atoms with Gasteiger partial charge in [-0.15, -0.1) is 0 Å². The van der Waals surface area contributed by atoms with Gasteiger partial charge in [0.05, 0.1) is 17.3 Å². The number of amides is 1. The van der Waals surface area contributed by atoms with Crippen molar-refractivity contribution in [2.75, 3.05) is 6.54 Å². The van der Waals surface area contributed by atoms with Gasteiger partial charge in [-0.05, 0) is 29.8 Å². The van der Waals surface area contributed by atoms with Crippen LogP contribution >= 0.6 is 15.9 Å². The summed E-state index contributed by atoms with van der Waals surface area (Å²) in [5.74, 6) is -0.330. The molecule has 2 heterocycles. The van der Waals surface area contributed by atoms with Crippen molar-refractivity contribution in [2.45, 2.75) is 6.10 Å². The van der Waals surface area contributed by atoms with Crippen molar-refractivity contribution in [1.82, 2.24) is 15.3 Å². The SMILES string of the molecule is O=C(NC[C@H](O)c1ccccc1)c1cc2c([nH]c3ccccc32)c(-c2cccc(Br)c2)n1. The number of hydrogen-bond donors (Lipinski definition) is 3. The monoisotopic (exact) mass is 485 g/mol. The lowest BCUT2D eigenvalue weighted by Crippen LogP contribution is -2.29. The number of hydrogen-bond acceptors (Lipinski definition) is 3. The number of rotatable bonds is 5. The number of aliphatic hydroxyl groups is 1. The molecule has 158 valence electrons. The summed E-state index contributed by atoms with van der Waals surface area (Å²) in [5.41, 5.74) is 4.52. The maximum atomic E-state index is 13.0. The summed E-state index contributed by atoms with van der Waals surface area (Å²) in [6.07, 6.45) is -0.790. The second-order valence-corrected chi connectivity index (χ2v) is 8.51. The molecule has 0 saturated carbocycles. The predicted octanol–water partition coefficient (Wildman–Crippen LogP) is 5.61. The highest BCUT2D eigenvalue weighted by molar-refractivity contribution is 9.10. The van der Waals surface area contributed by atoms with E-state index in [9.17, 15) is 9.90 Å². The molecule has 32 heavy (non-hydrogen) atoms. The number of benzene rings is 3. The van der Waals surface area contributed by atoms with Gasteiger partial charge in [0.15, 0.2) is 0 Å². The zero-order valence-corrected chi connectivity index (χ0v) is 18.6. The van der Waals surface area contributed by atoms with Gasteiger partial charge in [0.1, 0.15) is 5.69 Å². The molecule has 0 radical (unpaired) electrons. The third kappa shape index (κ3) is 3.90. The normalized spacial score (nSPS) is 12.2. The lowest BCUT2D eigenvalue weighted by Gasteiger charge is -2.13. The first-order valence-corrected chi connectivity index (χ1v) is 11.1. The molecule has 5 rings (SSSR count). The standard InChI is InChI=1S/C26H20BrN3O2/c27-18-10-6-9-17(13-18)24-25-20(19-11-4-5-12-21(19)29-25)14-22(30-24)26(32)28-15-23(31)16-7-2-1-3-8-16/h1-14,23,29,31H,15H2,(H,28,32)/t23-/m0/s1. The molecule has 6 heteroatoms. The van der Waals surface area contributed by atoms with Gasteiger partial charge in [-0.2, -0.15) is 0 Å². The van der Waals surface area contributed by atoms with Crippen LogP contribution in [0.5, 0.6) is 0 Å². The second kappa shape index (κ2) is 8.57. The summed E-state index contributed by atoms with van der Waals surface area (Å²) in [7, 11) is 0. The van der Waals surface area contributed by atoms with Crippen molar-refractivity contribution in [3.05, 3.63) is 101 Å². The van der Waals surface area contributed by atoms with E-state index in [4.69, 9.17) is 4.98 Å². The minimum atomic E-state index is -0.790. The number of fused-ring (bicyclic) bond motifs is 3. The van der Waals surface area contributed by atoms with E-state index in [1.54, 1.807) is 6.07 Å². The fraction of sp³-hybridized carbons (Fsp3) is 0.0769. The third-order valence-corrected chi connectivity index (χ3v) is 5.96. The second-order valence-electron chi connectivity index (χ2n) is 7.60. The van der Waals surface area contributed by atoms with E-state index in [2.05, 4.69) is 26.2 Å². The number of aromatic nitrogens is 2. The number of para-hydroxylation sites is 1. The Bertz CT molecular complexity index is 1430. The smallest absolute Gasteiger partial charge is 0.270 e. The Kier molecular flexibility index (Phi) is 5.47. The number of nitrogens with zero attached hydrogens (tertiary/aromatic N) is 1. The van der Waals surface area contributed by atoms with Crippen LogP contribution in [-0.2, 0) is 0 Å². The maximum absolute atomic E-state index is 13.0. The summed E-state index contributed by atoms with van der Waals surface area (Å²) < 4.78 is 0.932. The van der Waals surface area contributed by atoms with Crippen molar-refractivity contribution in [3.63, 3.8) is 0 Å². The Labute approximate surface area is 193 Å². The van der Waals surface area contributed by atoms with E-state index in [0.717, 1.165) is 37.4 Å². The molecule has 3 N–H and O–H groups in total. The van der Waals surface area contributed by atoms with Gasteiger partial charge in [0.25, 0.3) is 5.91 Å². The molecule has 1 amide bonds. The van der Waals surface area contributed by atoms with Crippen LogP contribution in [0.25, 0.3) is 33.1 Å². The van der Waals surface area contributed by atoms with Crippen LogP contribution in [0, 0.1) is 0 Å². The Morgan fingerprint density at radius 3 is 2.56 bits per heavy atom. The summed E-state index contributed by atoms with van der Waals surface area (Å²) in [6.45, 7) is 0.0999. The van der Waals surface area contributed by atoms with Crippen LogP contribution in [0.1, 0.15) is 22.2 Å². The van der Waals surface area contributed by atoms with Gasteiger partial charge in [-0.3, -0.25) is 4.79 Å². The zero-order chi connectivity index (χ0) is 22.1. The highest BCUT2D eigenvalue weighted by Gasteiger charge is 2.18. The minimum absolute atomic E-state index is 0.0999. The lowest BCUT2D eigenvalue weighted by molar-refractivity contribution is 0.0911. The molecule has 0 aliphatic carbocycles. The van der Waals surface area contributed by atoms with Crippen molar-refractivity contribution in [2.24, 2.45) is 0 Å². The summed E-state index contributed by atoms with van der Waals surface area (Å²) in [6, 6.07) is 26.9. The number of nitrogens with one attached hydrogen (secondary N) is 2. The quantitative estimate of drug-likeness (QED) is 0.302. The Morgan fingerprint density at radius 2 is 1.75 bits per heavy atom. The summed E-state index contributed by atoms with van der Waals surface area (Å²) >= 11 is 3.52. The first kappa shape index (κ1) is 20.4. The molecule has 0 saturated heterocycles. The first-order valence-electron chi connectivity index (χ1n) is 10.3. The van der Waals surface area contributed by atoms with E-state index in [-0.39, 0.29) is 12.5 Å². The van der Waals surface area contributed by atoms with E-state index in [1.165, 1.54) is 0 Å². The Morgan fingerprint density at radius 1 is 0.969 bits per heavy atom. The van der Waals surface area contributed by atoms with Crippen LogP contribution in [0.15, 0.2) is 89.4 Å². The van der Waals surface area contributed by atoms with Crippen molar-refractivity contribution in [1.29, 1.82) is 0 Å². The Hall–Kier alpha value is -3.48. The fourth-order valence-electron chi connectivity index (χ4n) is 3.88. The van der Waals surface area contributed by atoms with Crippen LogP contribution in [0.2, 0.25) is 0 Å². The molecule has 0 unspecified atom stereocenters. The van der Waals surface area contributed by atoms with Crippen LogP contribution < -0.4 is 5.32 Å². The fourth-order valence-corrected chi connectivity index (χ4v) is 4.28. The number of pyridine rings is 1. The number of carbonyl (C=O) groups excluding carboxylic acids is 1. The number of aromatic amines is 1. The molecular formula is C26H20BrN3O2. The van der Waals surface area contributed by atoms with Crippen LogP contribution in [0.4, 0.5) is 0 Å². The molecule has 2 aromatic heterocycles. The Balaban J connectivity index is 1.55. The zero-order valence-electron chi connectivity index (χ0n) is 17.0. The number of halogens is 1. The van der Waals surface area contributed by atoms with Gasteiger partial charge in [-0.1, -0.05) is 76.6 Å². The van der Waals surface area contributed by atoms with E-state index < -0.39 is 6.10 Å². The van der Waals surface area contributed by atoms with E-state index in [1.807, 2.05) is 78.9 Å². The average Bonchev–Trinajstić information content (AvgIpc) is 3.21. The summed E-state index contributed by atoms with van der Waals surface area (Å²) in [4.78, 5) is 21.2. The number of aliphatic hydroxyl groups excluding tert-OH is 1. The van der Waals surface area contributed by atoms with E-state index >= 15 is 0 Å². The molecule has 0 aliphatic rings. The maximum Gasteiger partial charge on any atom is 0.270 e. The largest absolute Gasteiger partial charge is 0.387 e. The van der Waals surface area contributed by atoms with Gasteiger partial charge >= 0.3 is 0 Å². The molecule has 0 aliphatic heterocycles. The number of carbonyl (C=O) groups is 1. The molecule has 0 fully saturated rings. The van der Waals surface area contributed by atoms with Gasteiger partial charge in [-0.25, -0.2) is 4.98 Å². The molecule has 1 atom stereocenters. The third-order valence-electron chi connectivity index (χ3n) is 5.47. The molecule has 0 bridgehead atoms. The summed E-state index contributed by atoms with van der Waals surface area (Å²) in [5, 5.41) is 15.2. The topological polar surface area (TPSA) is 78.0 Å². The first-order chi connectivity index (χ1) is 15.6. The minimum Gasteiger partial charge on any atom is -0.387 e. The predicted molar refractivity (Wildman–Crippen MR) is 130 cm³/mol. The molecular weight excluding hydrogens is 466 g/mol. The molecule has 5 aromatic rings. The highest BCUT2D eigenvalue weighted by Crippen LogP contribution is 2.33. The van der Waals surface area contributed by atoms with Gasteiger partial charge < -0.3 is 15.4 Å². The van der Waals surface area contributed by atoms with Crippen molar-refractivity contribution in [3.8, 4) is 11.3 Å². The van der Waals surface area contributed by atoms with Crippen LogP contribution in [-0.4, -0.2) is 27.5 Å². The van der Waals surface area contributed by atoms with Crippen molar-refractivity contribution < 1.29 is 9.90 Å². The van der Waals surface area contributed by atoms with Gasteiger partial charge in [0.2, 0.25) is 0 Å². The number of H-pyrrole nitrogens is 1. The molecule has 5 nitrogen and oxygen atoms in total. The van der Waals surface area contributed by atoms with Crippen molar-refractivity contribution >= 4 is 43.6 Å². The van der Waals surface area contributed by atoms with Crippen LogP contribution in [0.3, 0.4) is 0 Å². The average molecular weight is 486 g/mol. The van der Waals surface area contributed by atoms with E-state index in [0.29, 0.717) is 11.4 Å². The lowest BCUT2D eigenvalue weighted by atomic mass is 10.1. The molecule has 3 aromatic carbocycles. The molecule has 0 spiro atoms.